The number of para-hydroxylation sites is 1. The molecule has 0 bridgehead atoms. The van der Waals surface area contributed by atoms with Gasteiger partial charge in [-0.2, -0.15) is 0 Å². The molecule has 2 N–H and O–H groups in total. The molecule has 0 heterocycles. The number of carbonyl (C=O) groups excluding carboxylic acids is 1. The highest BCUT2D eigenvalue weighted by molar-refractivity contribution is 6.06. The molecule has 1 amide bonds. The van der Waals surface area contributed by atoms with Crippen LogP contribution in [0.4, 0.5) is 5.69 Å². The van der Waals surface area contributed by atoms with E-state index in [2.05, 4.69) is 5.32 Å². The van der Waals surface area contributed by atoms with Crippen molar-refractivity contribution in [2.24, 2.45) is 5.92 Å². The summed E-state index contributed by atoms with van der Waals surface area (Å²) < 4.78 is 6.01. The average Bonchev–Trinajstić information content (AvgIpc) is 2.72. The summed E-state index contributed by atoms with van der Waals surface area (Å²) in [7, 11) is 0. The van der Waals surface area contributed by atoms with Gasteiger partial charge in [-0.3, -0.25) is 4.79 Å². The summed E-state index contributed by atoms with van der Waals surface area (Å²) in [6.45, 7) is 2.76. The van der Waals surface area contributed by atoms with Gasteiger partial charge in [0.05, 0.1) is 17.9 Å². The first-order valence-corrected chi connectivity index (χ1v) is 10.1. The number of ether oxygens (including phenoxy) is 1. The number of aryl methyl sites for hydroxylation is 1. The lowest BCUT2D eigenvalue weighted by Gasteiger charge is -2.22. The minimum Gasteiger partial charge on any atom is -0.493 e. The summed E-state index contributed by atoms with van der Waals surface area (Å²) in [6.07, 6.45) is 9.55. The number of nitrogens with one attached hydrogen (secondary N) is 1. The Hall–Kier alpha value is -3.08. The fraction of sp³-hybridized carbons (Fsp3) is 0.333. The molecule has 1 saturated carbocycles. The Kier molecular flexibility index (Phi) is 7.06. The Morgan fingerprint density at radius 1 is 1.14 bits per heavy atom. The van der Waals surface area contributed by atoms with Crippen molar-refractivity contribution in [3.8, 4) is 5.75 Å². The maximum Gasteiger partial charge on any atom is 0.337 e. The highest BCUT2D eigenvalue weighted by atomic mass is 16.5. The van der Waals surface area contributed by atoms with Crippen LogP contribution in [0.2, 0.25) is 0 Å². The second-order valence-electron chi connectivity index (χ2n) is 7.51. The molecule has 2 aromatic carbocycles. The summed E-state index contributed by atoms with van der Waals surface area (Å²) in [5.41, 5.74) is 2.25. The number of carbonyl (C=O) groups is 2. The molecule has 0 aliphatic heterocycles. The van der Waals surface area contributed by atoms with E-state index in [0.717, 1.165) is 23.5 Å². The number of amides is 1. The standard InChI is InChI=1S/C24H27NO4/c1-17-15-18(11-13-22(17)29-16-19-7-3-2-4-8-19)12-14-23(26)25-21-10-6-5-9-20(21)24(27)28/h5-6,9-15,19H,2-4,7-8,16H2,1H3,(H,25,26)(H,27,28)/b14-12+. The van der Waals surface area contributed by atoms with Crippen LogP contribution in [-0.4, -0.2) is 23.6 Å². The molecule has 1 aliphatic carbocycles. The highest BCUT2D eigenvalue weighted by Gasteiger charge is 2.14. The van der Waals surface area contributed by atoms with Crippen molar-refractivity contribution in [2.45, 2.75) is 39.0 Å². The SMILES string of the molecule is Cc1cc(/C=C/C(=O)Nc2ccccc2C(=O)O)ccc1OCC1CCCCC1. The Balaban J connectivity index is 1.58. The van der Waals surface area contributed by atoms with Gasteiger partial charge in [-0.25, -0.2) is 4.79 Å². The van der Waals surface area contributed by atoms with Gasteiger partial charge in [0, 0.05) is 6.08 Å². The van der Waals surface area contributed by atoms with E-state index in [9.17, 15) is 14.7 Å². The Morgan fingerprint density at radius 2 is 1.90 bits per heavy atom. The van der Waals surface area contributed by atoms with Gasteiger partial charge >= 0.3 is 5.97 Å². The lowest BCUT2D eigenvalue weighted by Crippen LogP contribution is -2.15. The fourth-order valence-electron chi connectivity index (χ4n) is 3.62. The molecule has 1 aliphatic rings. The van der Waals surface area contributed by atoms with E-state index in [1.807, 2.05) is 25.1 Å². The molecule has 0 unspecified atom stereocenters. The number of hydrogen-bond acceptors (Lipinski definition) is 3. The molecule has 5 nitrogen and oxygen atoms in total. The van der Waals surface area contributed by atoms with Crippen LogP contribution in [0, 0.1) is 12.8 Å². The van der Waals surface area contributed by atoms with Crippen molar-refractivity contribution in [1.82, 2.24) is 0 Å². The second-order valence-corrected chi connectivity index (χ2v) is 7.51. The lowest BCUT2D eigenvalue weighted by molar-refractivity contribution is -0.111. The molecule has 152 valence electrons. The van der Waals surface area contributed by atoms with Gasteiger partial charge in [0.1, 0.15) is 5.75 Å². The van der Waals surface area contributed by atoms with Crippen LogP contribution < -0.4 is 10.1 Å². The first-order chi connectivity index (χ1) is 14.0. The van der Waals surface area contributed by atoms with Crippen molar-refractivity contribution in [3.05, 3.63) is 65.2 Å². The fourth-order valence-corrected chi connectivity index (χ4v) is 3.62. The van der Waals surface area contributed by atoms with Gasteiger partial charge in [-0.05, 0) is 67.2 Å². The number of hydrogen-bond donors (Lipinski definition) is 2. The predicted octanol–water partition coefficient (Wildman–Crippen LogP) is 5.30. The van der Waals surface area contributed by atoms with E-state index in [4.69, 9.17) is 4.74 Å². The zero-order chi connectivity index (χ0) is 20.6. The summed E-state index contributed by atoms with van der Waals surface area (Å²) in [5, 5.41) is 11.8. The third kappa shape index (κ3) is 5.95. The lowest BCUT2D eigenvalue weighted by atomic mass is 9.90. The predicted molar refractivity (Wildman–Crippen MR) is 114 cm³/mol. The van der Waals surface area contributed by atoms with Crippen molar-refractivity contribution >= 4 is 23.6 Å². The Bertz CT molecular complexity index is 898. The summed E-state index contributed by atoms with van der Waals surface area (Å²) in [6, 6.07) is 12.2. The van der Waals surface area contributed by atoms with E-state index < -0.39 is 5.97 Å². The molecule has 0 spiro atoms. The van der Waals surface area contributed by atoms with Crippen LogP contribution in [0.25, 0.3) is 6.08 Å². The average molecular weight is 393 g/mol. The number of aromatic carboxylic acids is 1. The van der Waals surface area contributed by atoms with Crippen molar-refractivity contribution < 1.29 is 19.4 Å². The monoisotopic (exact) mass is 393 g/mol. The normalized spacial score (nSPS) is 14.7. The highest BCUT2D eigenvalue weighted by Crippen LogP contribution is 2.26. The maximum absolute atomic E-state index is 12.2. The molecule has 0 atom stereocenters. The number of anilines is 1. The molecule has 0 aromatic heterocycles. The molecule has 3 rings (SSSR count). The zero-order valence-corrected chi connectivity index (χ0v) is 16.7. The van der Waals surface area contributed by atoms with Gasteiger partial charge in [0.25, 0.3) is 0 Å². The van der Waals surface area contributed by atoms with Crippen molar-refractivity contribution in [3.63, 3.8) is 0 Å². The second kappa shape index (κ2) is 9.92. The largest absolute Gasteiger partial charge is 0.493 e. The molecule has 5 heteroatoms. The minimum absolute atomic E-state index is 0.0598. The third-order valence-corrected chi connectivity index (χ3v) is 5.24. The van der Waals surface area contributed by atoms with Gasteiger partial charge in [-0.15, -0.1) is 0 Å². The topological polar surface area (TPSA) is 75.6 Å². The first-order valence-electron chi connectivity index (χ1n) is 10.1. The molecule has 0 radical (unpaired) electrons. The van der Waals surface area contributed by atoms with E-state index in [1.165, 1.54) is 44.2 Å². The molecule has 2 aromatic rings. The van der Waals surface area contributed by atoms with Crippen LogP contribution in [-0.2, 0) is 4.79 Å². The summed E-state index contributed by atoms with van der Waals surface area (Å²) in [4.78, 5) is 23.4. The minimum atomic E-state index is -1.08. The van der Waals surface area contributed by atoms with Crippen LogP contribution in [0.5, 0.6) is 5.75 Å². The molecule has 29 heavy (non-hydrogen) atoms. The maximum atomic E-state index is 12.2. The Labute approximate surface area is 171 Å². The van der Waals surface area contributed by atoms with Gasteiger partial charge < -0.3 is 15.2 Å². The van der Waals surface area contributed by atoms with E-state index >= 15 is 0 Å². The first kappa shape index (κ1) is 20.6. The third-order valence-electron chi connectivity index (χ3n) is 5.24. The van der Waals surface area contributed by atoms with Crippen LogP contribution in [0.3, 0.4) is 0 Å². The quantitative estimate of drug-likeness (QED) is 0.626. The molecule has 1 fully saturated rings. The molecule has 0 saturated heterocycles. The number of carboxylic acids is 1. The number of carboxylic acid groups (broad SMARTS) is 1. The van der Waals surface area contributed by atoms with Crippen molar-refractivity contribution in [1.29, 1.82) is 0 Å². The van der Waals surface area contributed by atoms with Crippen LogP contribution in [0.1, 0.15) is 53.6 Å². The zero-order valence-electron chi connectivity index (χ0n) is 16.7. The number of rotatable bonds is 7. The van der Waals surface area contributed by atoms with Crippen LogP contribution >= 0.6 is 0 Å². The number of benzene rings is 2. The molecular formula is C24H27NO4. The van der Waals surface area contributed by atoms with Gasteiger partial charge in [-0.1, -0.05) is 37.5 Å². The van der Waals surface area contributed by atoms with E-state index in [0.29, 0.717) is 5.92 Å². The van der Waals surface area contributed by atoms with Gasteiger partial charge in [0.2, 0.25) is 5.91 Å². The van der Waals surface area contributed by atoms with E-state index in [-0.39, 0.29) is 17.2 Å². The molecular weight excluding hydrogens is 366 g/mol. The Morgan fingerprint density at radius 3 is 2.62 bits per heavy atom. The van der Waals surface area contributed by atoms with E-state index in [1.54, 1.807) is 24.3 Å². The van der Waals surface area contributed by atoms with Crippen molar-refractivity contribution in [2.75, 3.05) is 11.9 Å². The van der Waals surface area contributed by atoms with Crippen LogP contribution in [0.15, 0.2) is 48.5 Å². The summed E-state index contributed by atoms with van der Waals surface area (Å²) in [5.74, 6) is 0.0750. The smallest absolute Gasteiger partial charge is 0.337 e. The van der Waals surface area contributed by atoms with Gasteiger partial charge in [0.15, 0.2) is 0 Å². The summed E-state index contributed by atoms with van der Waals surface area (Å²) >= 11 is 0.